The van der Waals surface area contributed by atoms with Crippen molar-refractivity contribution in [3.8, 4) is 0 Å². The zero-order valence-electron chi connectivity index (χ0n) is 13.9. The number of fused-ring (bicyclic) bond motifs is 1. The van der Waals surface area contributed by atoms with Crippen LogP contribution in [-0.4, -0.2) is 42.0 Å². The van der Waals surface area contributed by atoms with E-state index in [9.17, 15) is 9.59 Å². The minimum Gasteiger partial charge on any atom is -0.442 e. The Bertz CT molecular complexity index is 759. The fraction of sp³-hybridized carbons (Fsp3) is 0.353. The highest BCUT2D eigenvalue weighted by Crippen LogP contribution is 2.28. The molecule has 8 heteroatoms. The minimum atomic E-state index is -0.722. The third-order valence-electron chi connectivity index (χ3n) is 4.07. The van der Waals surface area contributed by atoms with Gasteiger partial charge in [0.2, 0.25) is 11.8 Å². The molecule has 0 radical (unpaired) electrons. The third-order valence-corrected chi connectivity index (χ3v) is 4.07. The molecule has 8 nitrogen and oxygen atoms in total. The first-order chi connectivity index (χ1) is 12.1. The third kappa shape index (κ3) is 3.80. The van der Waals surface area contributed by atoms with E-state index in [2.05, 4.69) is 10.3 Å². The molecule has 0 aliphatic carbocycles. The molecule has 3 rings (SSSR count). The van der Waals surface area contributed by atoms with Crippen molar-refractivity contribution in [2.75, 3.05) is 20.2 Å². The van der Waals surface area contributed by atoms with Gasteiger partial charge >= 0.3 is 6.03 Å². The average Bonchev–Trinajstić information content (AvgIpc) is 3.03. The number of aromatic nitrogens is 1. The molecule has 1 atom stereocenters. The lowest BCUT2D eigenvalue weighted by atomic mass is 10.1. The number of nitrogens with one attached hydrogen (secondary N) is 1. The van der Waals surface area contributed by atoms with E-state index in [1.165, 1.54) is 0 Å². The Balaban J connectivity index is 1.74. The zero-order valence-corrected chi connectivity index (χ0v) is 13.9. The van der Waals surface area contributed by atoms with Gasteiger partial charge in [-0.15, -0.1) is 0 Å². The van der Waals surface area contributed by atoms with E-state index in [0.29, 0.717) is 31.1 Å². The summed E-state index contributed by atoms with van der Waals surface area (Å²) >= 11 is 0. The maximum absolute atomic E-state index is 12.1. The molecular weight excluding hydrogens is 324 g/mol. The van der Waals surface area contributed by atoms with Crippen LogP contribution in [0.1, 0.15) is 29.0 Å². The first-order valence-electron chi connectivity index (χ1n) is 7.95. The maximum atomic E-state index is 12.1. The van der Waals surface area contributed by atoms with Crippen molar-refractivity contribution >= 4 is 11.9 Å². The molecule has 2 aromatic rings. The lowest BCUT2D eigenvalue weighted by molar-refractivity contribution is -0.131. The molecule has 0 saturated carbocycles. The molecular formula is C17H20N4O4. The van der Waals surface area contributed by atoms with E-state index in [1.807, 2.05) is 30.3 Å². The molecule has 0 saturated heterocycles. The number of hydrogen-bond donors (Lipinski definition) is 2. The van der Waals surface area contributed by atoms with Gasteiger partial charge in [-0.05, 0) is 5.56 Å². The van der Waals surface area contributed by atoms with Gasteiger partial charge in [-0.2, -0.15) is 0 Å². The van der Waals surface area contributed by atoms with E-state index in [1.54, 1.807) is 12.0 Å². The zero-order chi connectivity index (χ0) is 17.8. The Hall–Kier alpha value is -2.87. The van der Waals surface area contributed by atoms with Gasteiger partial charge in [0, 0.05) is 20.1 Å². The van der Waals surface area contributed by atoms with Gasteiger partial charge in [-0.25, -0.2) is 9.78 Å². The van der Waals surface area contributed by atoms with Gasteiger partial charge in [0.25, 0.3) is 0 Å². The number of nitrogens with zero attached hydrogens (tertiary/aromatic N) is 2. The van der Waals surface area contributed by atoms with E-state index in [-0.39, 0.29) is 12.5 Å². The van der Waals surface area contributed by atoms with Gasteiger partial charge in [-0.1, -0.05) is 30.3 Å². The van der Waals surface area contributed by atoms with E-state index in [4.69, 9.17) is 14.9 Å². The fourth-order valence-corrected chi connectivity index (χ4v) is 2.83. The molecule has 0 bridgehead atoms. The number of hydrogen-bond acceptors (Lipinski definition) is 5. The summed E-state index contributed by atoms with van der Waals surface area (Å²) in [7, 11) is 1.60. The molecule has 2 heterocycles. The predicted octanol–water partition coefficient (Wildman–Crippen LogP) is 0.963. The van der Waals surface area contributed by atoms with E-state index >= 15 is 0 Å². The minimum absolute atomic E-state index is 0.125. The Kier molecular flexibility index (Phi) is 4.99. The van der Waals surface area contributed by atoms with Crippen LogP contribution in [0.25, 0.3) is 0 Å². The Labute approximate surface area is 145 Å². The number of urea groups is 1. The highest BCUT2D eigenvalue weighted by molar-refractivity contribution is 5.83. The molecule has 0 spiro atoms. The number of amides is 3. The van der Waals surface area contributed by atoms with Gasteiger partial charge in [0.05, 0.1) is 13.1 Å². The molecule has 0 fully saturated rings. The summed E-state index contributed by atoms with van der Waals surface area (Å²) in [4.78, 5) is 29.0. The highest BCUT2D eigenvalue weighted by Gasteiger charge is 2.28. The van der Waals surface area contributed by atoms with E-state index in [0.717, 1.165) is 11.3 Å². The second kappa shape index (κ2) is 7.35. The number of carbonyl (C=O) groups is 2. The van der Waals surface area contributed by atoms with Crippen molar-refractivity contribution < 1.29 is 18.7 Å². The van der Waals surface area contributed by atoms with Gasteiger partial charge in [0.15, 0.2) is 6.10 Å². The van der Waals surface area contributed by atoms with Crippen LogP contribution in [0.15, 0.2) is 34.7 Å². The monoisotopic (exact) mass is 344 g/mol. The standard InChI is InChI=1S/C17H20N4O4/c1-24-15(11-5-3-2-4-6-11)16-20-12-10-21(8-7-13(12)25-16)14(22)9-19-17(18)23/h2-6,15H,7-10H2,1H3,(H3,18,19,23). The molecule has 132 valence electrons. The Morgan fingerprint density at radius 3 is 2.84 bits per heavy atom. The smallest absolute Gasteiger partial charge is 0.312 e. The number of methoxy groups -OCH3 is 1. The first kappa shape index (κ1) is 17.0. The molecule has 1 unspecified atom stereocenters. The maximum Gasteiger partial charge on any atom is 0.312 e. The Morgan fingerprint density at radius 1 is 1.40 bits per heavy atom. The summed E-state index contributed by atoms with van der Waals surface area (Å²) < 4.78 is 11.4. The number of primary amides is 1. The molecule has 1 aliphatic heterocycles. The van der Waals surface area contributed by atoms with Crippen molar-refractivity contribution in [2.24, 2.45) is 5.73 Å². The average molecular weight is 344 g/mol. The fourth-order valence-electron chi connectivity index (χ4n) is 2.83. The normalized spacial score (nSPS) is 14.7. The number of carbonyl (C=O) groups excluding carboxylic acids is 2. The van der Waals surface area contributed by atoms with Crippen LogP contribution in [0.4, 0.5) is 4.79 Å². The van der Waals surface area contributed by atoms with E-state index < -0.39 is 12.1 Å². The van der Waals surface area contributed by atoms with Crippen LogP contribution in [0.3, 0.4) is 0 Å². The molecule has 1 aromatic carbocycles. The number of ether oxygens (including phenoxy) is 1. The molecule has 3 N–H and O–H groups in total. The van der Waals surface area contributed by atoms with Crippen LogP contribution in [0.2, 0.25) is 0 Å². The summed E-state index contributed by atoms with van der Waals surface area (Å²) in [5.41, 5.74) is 6.65. The number of nitrogens with two attached hydrogens (primary N) is 1. The van der Waals surface area contributed by atoms with Crippen LogP contribution >= 0.6 is 0 Å². The summed E-state index contributed by atoms with van der Waals surface area (Å²) in [6.07, 6.45) is 0.169. The highest BCUT2D eigenvalue weighted by atomic mass is 16.5. The molecule has 1 aromatic heterocycles. The van der Waals surface area contributed by atoms with Crippen molar-refractivity contribution in [3.63, 3.8) is 0 Å². The van der Waals surface area contributed by atoms with Crippen molar-refractivity contribution in [1.82, 2.24) is 15.2 Å². The number of benzene rings is 1. The summed E-state index contributed by atoms with van der Waals surface area (Å²) in [6.45, 7) is 0.716. The topological polar surface area (TPSA) is 111 Å². The summed E-state index contributed by atoms with van der Waals surface area (Å²) in [5, 5.41) is 2.30. The summed E-state index contributed by atoms with van der Waals surface area (Å²) in [6, 6.07) is 8.96. The molecule has 3 amide bonds. The first-order valence-corrected chi connectivity index (χ1v) is 7.95. The van der Waals surface area contributed by atoms with Crippen LogP contribution in [-0.2, 0) is 22.5 Å². The van der Waals surface area contributed by atoms with Gasteiger partial charge < -0.3 is 25.1 Å². The van der Waals surface area contributed by atoms with Gasteiger partial charge in [0.1, 0.15) is 11.5 Å². The Morgan fingerprint density at radius 2 is 2.16 bits per heavy atom. The number of rotatable bonds is 5. The largest absolute Gasteiger partial charge is 0.442 e. The molecule has 1 aliphatic rings. The number of oxazole rings is 1. The lowest BCUT2D eigenvalue weighted by Gasteiger charge is -2.25. The van der Waals surface area contributed by atoms with Crippen molar-refractivity contribution in [2.45, 2.75) is 19.1 Å². The second-order valence-corrected chi connectivity index (χ2v) is 5.73. The van der Waals surface area contributed by atoms with Crippen LogP contribution < -0.4 is 11.1 Å². The lowest BCUT2D eigenvalue weighted by Crippen LogP contribution is -2.43. The quantitative estimate of drug-likeness (QED) is 0.839. The van der Waals surface area contributed by atoms with Crippen LogP contribution in [0, 0.1) is 0 Å². The van der Waals surface area contributed by atoms with Crippen molar-refractivity contribution in [1.29, 1.82) is 0 Å². The van der Waals surface area contributed by atoms with Crippen LogP contribution in [0.5, 0.6) is 0 Å². The summed E-state index contributed by atoms with van der Waals surface area (Å²) in [5.74, 6) is 1.03. The van der Waals surface area contributed by atoms with Gasteiger partial charge in [-0.3, -0.25) is 4.79 Å². The molecule has 25 heavy (non-hydrogen) atoms. The van der Waals surface area contributed by atoms with Crippen molar-refractivity contribution in [3.05, 3.63) is 53.2 Å². The SMILES string of the molecule is COC(c1ccccc1)c1nc2c(o1)CCN(C(=O)CNC(N)=O)C2. The second-order valence-electron chi connectivity index (χ2n) is 5.73. The predicted molar refractivity (Wildman–Crippen MR) is 88.5 cm³/mol.